The molecule has 0 amide bonds. The molecule has 0 saturated carbocycles. The smallest absolute Gasteiger partial charge is 0.115 e. The Balaban J connectivity index is 2.12. The number of hydrazone groups is 1. The first kappa shape index (κ1) is 9.06. The largest absolute Gasteiger partial charge is 0.499 e. The molecule has 0 aromatic heterocycles. The lowest BCUT2D eigenvalue weighted by Gasteiger charge is -2.17. The summed E-state index contributed by atoms with van der Waals surface area (Å²) in [5.74, 6) is 0. The molecule has 0 bridgehead atoms. The van der Waals surface area contributed by atoms with E-state index in [1.807, 2.05) is 11.2 Å². The first-order valence-corrected chi connectivity index (χ1v) is 4.01. The lowest BCUT2D eigenvalue weighted by molar-refractivity contribution is 0.0559. The fourth-order valence-corrected chi connectivity index (χ4v) is 1.05. The molecule has 0 aromatic carbocycles. The standard InChI is InChI=1S/C8H14N2O2/c1-2-12-7-8(11)6-10-5-3-4-9-10/h2,4,8,11H,1,3,5-7H2. The molecule has 1 atom stereocenters. The van der Waals surface area contributed by atoms with Gasteiger partial charge in [-0.25, -0.2) is 0 Å². The van der Waals surface area contributed by atoms with Crippen LogP contribution in [-0.4, -0.2) is 42.1 Å². The molecule has 0 saturated heterocycles. The van der Waals surface area contributed by atoms with E-state index < -0.39 is 6.10 Å². The summed E-state index contributed by atoms with van der Waals surface area (Å²) in [5, 5.41) is 15.2. The number of ether oxygens (including phenoxy) is 1. The van der Waals surface area contributed by atoms with Crippen molar-refractivity contribution in [3.05, 3.63) is 12.8 Å². The fourth-order valence-electron chi connectivity index (χ4n) is 1.05. The fraction of sp³-hybridized carbons (Fsp3) is 0.625. The van der Waals surface area contributed by atoms with Gasteiger partial charge < -0.3 is 9.84 Å². The number of rotatable bonds is 5. The summed E-state index contributed by atoms with van der Waals surface area (Å²) in [6.45, 7) is 5.10. The summed E-state index contributed by atoms with van der Waals surface area (Å²) in [5.41, 5.74) is 0. The minimum absolute atomic E-state index is 0.287. The van der Waals surface area contributed by atoms with Gasteiger partial charge in [0, 0.05) is 19.2 Å². The summed E-state index contributed by atoms with van der Waals surface area (Å²) in [6.07, 6.45) is 3.66. The van der Waals surface area contributed by atoms with Crippen molar-refractivity contribution in [2.75, 3.05) is 19.7 Å². The molecule has 1 unspecified atom stereocenters. The third kappa shape index (κ3) is 2.92. The van der Waals surface area contributed by atoms with Crippen LogP contribution in [0.25, 0.3) is 0 Å². The Labute approximate surface area is 72.1 Å². The van der Waals surface area contributed by atoms with Crippen LogP contribution in [0.15, 0.2) is 17.9 Å². The predicted octanol–water partition coefficient (Wildman–Crippen LogP) is 0.199. The van der Waals surface area contributed by atoms with E-state index in [-0.39, 0.29) is 6.61 Å². The van der Waals surface area contributed by atoms with Gasteiger partial charge >= 0.3 is 0 Å². The maximum atomic E-state index is 9.35. The normalized spacial score (nSPS) is 17.9. The molecule has 1 aliphatic heterocycles. The van der Waals surface area contributed by atoms with Crippen LogP contribution in [0.5, 0.6) is 0 Å². The summed E-state index contributed by atoms with van der Waals surface area (Å²) in [7, 11) is 0. The minimum Gasteiger partial charge on any atom is -0.499 e. The third-order valence-corrected chi connectivity index (χ3v) is 1.59. The van der Waals surface area contributed by atoms with Crippen LogP contribution in [0, 0.1) is 0 Å². The van der Waals surface area contributed by atoms with Gasteiger partial charge in [0.1, 0.15) is 12.7 Å². The zero-order valence-electron chi connectivity index (χ0n) is 7.02. The molecule has 1 heterocycles. The van der Waals surface area contributed by atoms with Gasteiger partial charge in [-0.05, 0) is 0 Å². The highest BCUT2D eigenvalue weighted by molar-refractivity contribution is 5.58. The molecular weight excluding hydrogens is 156 g/mol. The van der Waals surface area contributed by atoms with Crippen molar-refractivity contribution in [2.45, 2.75) is 12.5 Å². The summed E-state index contributed by atoms with van der Waals surface area (Å²) in [6, 6.07) is 0. The molecule has 0 fully saturated rings. The average Bonchev–Trinajstić information content (AvgIpc) is 2.53. The van der Waals surface area contributed by atoms with E-state index in [4.69, 9.17) is 4.74 Å². The van der Waals surface area contributed by atoms with Crippen LogP contribution in [0.3, 0.4) is 0 Å². The van der Waals surface area contributed by atoms with Crippen molar-refractivity contribution in [2.24, 2.45) is 5.10 Å². The first-order valence-electron chi connectivity index (χ1n) is 4.01. The highest BCUT2D eigenvalue weighted by Gasteiger charge is 2.11. The molecule has 1 N–H and O–H groups in total. The van der Waals surface area contributed by atoms with Gasteiger partial charge in [-0.15, -0.1) is 0 Å². The van der Waals surface area contributed by atoms with Crippen molar-refractivity contribution in [3.63, 3.8) is 0 Å². The van der Waals surface area contributed by atoms with Crippen LogP contribution in [-0.2, 0) is 4.74 Å². The van der Waals surface area contributed by atoms with Gasteiger partial charge in [-0.1, -0.05) is 6.58 Å². The molecular formula is C8H14N2O2. The molecule has 12 heavy (non-hydrogen) atoms. The topological polar surface area (TPSA) is 45.1 Å². The van der Waals surface area contributed by atoms with Gasteiger partial charge in [0.25, 0.3) is 0 Å². The van der Waals surface area contributed by atoms with Crippen LogP contribution in [0.4, 0.5) is 0 Å². The van der Waals surface area contributed by atoms with E-state index >= 15 is 0 Å². The van der Waals surface area contributed by atoms with E-state index in [9.17, 15) is 5.11 Å². The van der Waals surface area contributed by atoms with E-state index in [0.717, 1.165) is 13.0 Å². The van der Waals surface area contributed by atoms with Crippen LogP contribution >= 0.6 is 0 Å². The van der Waals surface area contributed by atoms with Gasteiger partial charge in [0.15, 0.2) is 0 Å². The average molecular weight is 170 g/mol. The highest BCUT2D eigenvalue weighted by atomic mass is 16.5. The van der Waals surface area contributed by atoms with Crippen LogP contribution in [0.2, 0.25) is 0 Å². The lowest BCUT2D eigenvalue weighted by Crippen LogP contribution is -2.29. The lowest BCUT2D eigenvalue weighted by atomic mass is 10.3. The molecule has 0 radical (unpaired) electrons. The molecule has 4 heteroatoms. The van der Waals surface area contributed by atoms with E-state index in [1.54, 1.807) is 0 Å². The molecule has 68 valence electrons. The molecule has 1 aliphatic rings. The number of hydrogen-bond acceptors (Lipinski definition) is 4. The number of nitrogens with zero attached hydrogens (tertiary/aromatic N) is 2. The second-order valence-electron chi connectivity index (χ2n) is 2.65. The summed E-state index contributed by atoms with van der Waals surface area (Å²) >= 11 is 0. The second kappa shape index (κ2) is 4.77. The van der Waals surface area contributed by atoms with Crippen molar-refractivity contribution in [3.8, 4) is 0 Å². The van der Waals surface area contributed by atoms with Crippen molar-refractivity contribution < 1.29 is 9.84 Å². The molecule has 0 spiro atoms. The van der Waals surface area contributed by atoms with Gasteiger partial charge in [0.2, 0.25) is 0 Å². The van der Waals surface area contributed by atoms with Gasteiger partial charge in [-0.2, -0.15) is 5.10 Å². The minimum atomic E-state index is -0.488. The second-order valence-corrected chi connectivity index (χ2v) is 2.65. The highest BCUT2D eigenvalue weighted by Crippen LogP contribution is 2.01. The quantitative estimate of drug-likeness (QED) is 0.599. The van der Waals surface area contributed by atoms with Crippen molar-refractivity contribution in [1.29, 1.82) is 0 Å². The van der Waals surface area contributed by atoms with Gasteiger partial charge in [-0.3, -0.25) is 5.01 Å². The SMILES string of the molecule is C=COCC(O)CN1CCC=N1. The van der Waals surface area contributed by atoms with Crippen LogP contribution in [0.1, 0.15) is 6.42 Å². The Morgan fingerprint density at radius 3 is 3.25 bits per heavy atom. The molecule has 1 rings (SSSR count). The Kier molecular flexibility index (Phi) is 3.60. The first-order chi connectivity index (χ1) is 5.83. The maximum absolute atomic E-state index is 9.35. The zero-order valence-corrected chi connectivity index (χ0v) is 7.02. The van der Waals surface area contributed by atoms with E-state index in [0.29, 0.717) is 6.54 Å². The Hall–Kier alpha value is -1.03. The molecule has 0 aliphatic carbocycles. The zero-order chi connectivity index (χ0) is 8.81. The van der Waals surface area contributed by atoms with Crippen molar-refractivity contribution in [1.82, 2.24) is 5.01 Å². The van der Waals surface area contributed by atoms with Crippen molar-refractivity contribution >= 4 is 6.21 Å². The number of hydrogen-bond donors (Lipinski definition) is 1. The predicted molar refractivity (Wildman–Crippen MR) is 46.8 cm³/mol. The Morgan fingerprint density at radius 2 is 2.67 bits per heavy atom. The van der Waals surface area contributed by atoms with Gasteiger partial charge in [0.05, 0.1) is 12.8 Å². The third-order valence-electron chi connectivity index (χ3n) is 1.59. The summed E-state index contributed by atoms with van der Waals surface area (Å²) < 4.78 is 4.84. The Bertz CT molecular complexity index is 170. The number of aliphatic hydroxyl groups excluding tert-OH is 1. The number of β-amino-alcohol motifs (C(OH)–C–C–N with tert-alkyl or cyclic N) is 1. The van der Waals surface area contributed by atoms with Crippen LogP contribution < -0.4 is 0 Å². The van der Waals surface area contributed by atoms with E-state index in [1.165, 1.54) is 6.26 Å². The molecule has 0 aromatic rings. The number of aliphatic hydroxyl groups is 1. The summed E-state index contributed by atoms with van der Waals surface area (Å²) in [4.78, 5) is 0. The monoisotopic (exact) mass is 170 g/mol. The Morgan fingerprint density at radius 1 is 1.83 bits per heavy atom. The molecule has 4 nitrogen and oxygen atoms in total. The maximum Gasteiger partial charge on any atom is 0.115 e. The van der Waals surface area contributed by atoms with E-state index in [2.05, 4.69) is 11.7 Å².